The number of rotatable bonds is 3. The van der Waals surface area contributed by atoms with E-state index in [4.69, 9.17) is 4.74 Å². The fraction of sp³-hybridized carbons (Fsp3) is 0.625. The van der Waals surface area contributed by atoms with E-state index in [9.17, 15) is 5.11 Å². The highest BCUT2D eigenvalue weighted by molar-refractivity contribution is 5.60. The van der Waals surface area contributed by atoms with Crippen molar-refractivity contribution in [1.82, 2.24) is 4.90 Å². The highest BCUT2D eigenvalue weighted by Crippen LogP contribution is 2.36. The highest BCUT2D eigenvalue weighted by atomic mass is 16.5. The van der Waals surface area contributed by atoms with Crippen LogP contribution in [0.4, 0.5) is 5.69 Å². The molecule has 2 aliphatic heterocycles. The minimum atomic E-state index is -0.511. The predicted octanol–water partition coefficient (Wildman–Crippen LogP) is 2.03. The van der Waals surface area contributed by atoms with E-state index in [1.807, 2.05) is 19.1 Å². The standard InChI is InChI=1S/C16H24N2O2/c1-12(19)16-14(6-3-7-15(16)20-2)18-10-9-17-8-4-5-13(17)11-18/h3,6-7,12-13,19H,4-5,8-11H2,1-2H3. The third-order valence-corrected chi connectivity index (χ3v) is 4.61. The summed E-state index contributed by atoms with van der Waals surface area (Å²) in [6.07, 6.45) is 2.10. The first-order valence-corrected chi connectivity index (χ1v) is 7.54. The molecule has 2 unspecified atom stereocenters. The van der Waals surface area contributed by atoms with Crippen LogP contribution in [-0.2, 0) is 0 Å². The Balaban J connectivity index is 1.89. The lowest BCUT2D eigenvalue weighted by Gasteiger charge is -2.40. The van der Waals surface area contributed by atoms with Gasteiger partial charge in [-0.05, 0) is 38.4 Å². The van der Waals surface area contributed by atoms with E-state index < -0.39 is 6.10 Å². The second kappa shape index (κ2) is 5.62. The highest BCUT2D eigenvalue weighted by Gasteiger charge is 2.32. The Bertz CT molecular complexity index is 476. The summed E-state index contributed by atoms with van der Waals surface area (Å²) in [5.74, 6) is 0.784. The molecule has 110 valence electrons. The van der Waals surface area contributed by atoms with Gasteiger partial charge in [-0.3, -0.25) is 4.90 Å². The quantitative estimate of drug-likeness (QED) is 0.916. The van der Waals surface area contributed by atoms with Crippen LogP contribution < -0.4 is 9.64 Å². The molecular weight excluding hydrogens is 252 g/mol. The van der Waals surface area contributed by atoms with Crippen molar-refractivity contribution in [3.8, 4) is 5.75 Å². The first-order chi connectivity index (χ1) is 9.70. The molecule has 2 aliphatic rings. The summed E-state index contributed by atoms with van der Waals surface area (Å²) in [7, 11) is 1.67. The Morgan fingerprint density at radius 1 is 1.30 bits per heavy atom. The normalized spacial score (nSPS) is 24.6. The minimum Gasteiger partial charge on any atom is -0.496 e. The molecule has 2 fully saturated rings. The number of hydrogen-bond acceptors (Lipinski definition) is 4. The van der Waals surface area contributed by atoms with Gasteiger partial charge in [0, 0.05) is 36.9 Å². The van der Waals surface area contributed by atoms with Crippen LogP contribution in [0.15, 0.2) is 18.2 Å². The number of aliphatic hydroxyl groups excluding tert-OH is 1. The number of nitrogens with zero attached hydrogens (tertiary/aromatic N) is 2. The number of fused-ring (bicyclic) bond motifs is 1. The molecule has 0 aromatic heterocycles. The van der Waals surface area contributed by atoms with Crippen molar-refractivity contribution in [1.29, 1.82) is 0 Å². The molecule has 20 heavy (non-hydrogen) atoms. The van der Waals surface area contributed by atoms with Crippen LogP contribution in [0, 0.1) is 0 Å². The summed E-state index contributed by atoms with van der Waals surface area (Å²) in [5.41, 5.74) is 2.05. The van der Waals surface area contributed by atoms with Crippen molar-refractivity contribution >= 4 is 5.69 Å². The second-order valence-corrected chi connectivity index (χ2v) is 5.85. The van der Waals surface area contributed by atoms with E-state index in [0.717, 1.165) is 36.6 Å². The monoisotopic (exact) mass is 276 g/mol. The number of benzene rings is 1. The summed E-state index contributed by atoms with van der Waals surface area (Å²) >= 11 is 0. The maximum absolute atomic E-state index is 10.1. The smallest absolute Gasteiger partial charge is 0.126 e. The third-order valence-electron chi connectivity index (χ3n) is 4.61. The summed E-state index contributed by atoms with van der Waals surface area (Å²) in [6, 6.07) is 6.73. The number of hydrogen-bond donors (Lipinski definition) is 1. The van der Waals surface area contributed by atoms with E-state index in [1.165, 1.54) is 19.4 Å². The molecule has 2 saturated heterocycles. The van der Waals surface area contributed by atoms with E-state index >= 15 is 0 Å². The SMILES string of the molecule is COc1cccc(N2CCN3CCCC3C2)c1C(C)O. The molecule has 0 saturated carbocycles. The summed E-state index contributed by atoms with van der Waals surface area (Å²) < 4.78 is 5.43. The number of ether oxygens (including phenoxy) is 1. The molecule has 4 heteroatoms. The molecule has 0 aliphatic carbocycles. The summed E-state index contributed by atoms with van der Waals surface area (Å²) in [5, 5.41) is 10.1. The zero-order valence-electron chi connectivity index (χ0n) is 12.4. The van der Waals surface area contributed by atoms with Crippen molar-refractivity contribution in [2.75, 3.05) is 38.2 Å². The van der Waals surface area contributed by atoms with Crippen molar-refractivity contribution in [3.05, 3.63) is 23.8 Å². The maximum atomic E-state index is 10.1. The molecule has 0 spiro atoms. The van der Waals surface area contributed by atoms with Crippen molar-refractivity contribution < 1.29 is 9.84 Å². The van der Waals surface area contributed by atoms with Gasteiger partial charge >= 0.3 is 0 Å². The van der Waals surface area contributed by atoms with Gasteiger partial charge in [-0.25, -0.2) is 0 Å². The number of aliphatic hydroxyl groups is 1. The first kappa shape index (κ1) is 13.7. The number of methoxy groups -OCH3 is 1. The van der Waals surface area contributed by atoms with E-state index in [1.54, 1.807) is 7.11 Å². The molecule has 0 amide bonds. The van der Waals surface area contributed by atoms with Crippen LogP contribution in [0.25, 0.3) is 0 Å². The zero-order valence-corrected chi connectivity index (χ0v) is 12.4. The van der Waals surface area contributed by atoms with Crippen LogP contribution in [0.3, 0.4) is 0 Å². The second-order valence-electron chi connectivity index (χ2n) is 5.85. The predicted molar refractivity (Wildman–Crippen MR) is 80.4 cm³/mol. The molecule has 1 aromatic carbocycles. The van der Waals surface area contributed by atoms with Gasteiger partial charge in [-0.1, -0.05) is 6.07 Å². The lowest BCUT2D eigenvalue weighted by Crippen LogP contribution is -2.50. The fourth-order valence-electron chi connectivity index (χ4n) is 3.62. The molecule has 2 atom stereocenters. The van der Waals surface area contributed by atoms with E-state index in [-0.39, 0.29) is 0 Å². The van der Waals surface area contributed by atoms with E-state index in [0.29, 0.717) is 6.04 Å². The molecule has 2 heterocycles. The Labute approximate surface area is 120 Å². The minimum absolute atomic E-state index is 0.511. The molecule has 1 N–H and O–H groups in total. The molecule has 1 aromatic rings. The van der Waals surface area contributed by atoms with Gasteiger partial charge in [-0.2, -0.15) is 0 Å². The van der Waals surface area contributed by atoms with Crippen LogP contribution >= 0.6 is 0 Å². The number of anilines is 1. The lowest BCUT2D eigenvalue weighted by atomic mass is 10.0. The summed E-state index contributed by atoms with van der Waals surface area (Å²) in [6.45, 7) is 6.28. The van der Waals surface area contributed by atoms with Crippen molar-refractivity contribution in [2.45, 2.75) is 31.9 Å². The van der Waals surface area contributed by atoms with Crippen LogP contribution in [0.1, 0.15) is 31.4 Å². The van der Waals surface area contributed by atoms with Gasteiger partial charge in [0.05, 0.1) is 13.2 Å². The fourth-order valence-corrected chi connectivity index (χ4v) is 3.62. The van der Waals surface area contributed by atoms with Gasteiger partial charge in [0.1, 0.15) is 5.75 Å². The van der Waals surface area contributed by atoms with Crippen LogP contribution in [-0.4, -0.2) is 49.3 Å². The Hall–Kier alpha value is -1.26. The molecular formula is C16H24N2O2. The largest absolute Gasteiger partial charge is 0.496 e. The Morgan fingerprint density at radius 3 is 2.90 bits per heavy atom. The Morgan fingerprint density at radius 2 is 2.15 bits per heavy atom. The van der Waals surface area contributed by atoms with Crippen LogP contribution in [0.5, 0.6) is 5.75 Å². The average molecular weight is 276 g/mol. The molecule has 3 rings (SSSR count). The molecule has 0 bridgehead atoms. The van der Waals surface area contributed by atoms with Gasteiger partial charge in [-0.15, -0.1) is 0 Å². The third kappa shape index (κ3) is 2.38. The average Bonchev–Trinajstić information content (AvgIpc) is 2.93. The van der Waals surface area contributed by atoms with Crippen molar-refractivity contribution in [2.24, 2.45) is 0 Å². The van der Waals surface area contributed by atoms with Gasteiger partial charge < -0.3 is 14.7 Å². The van der Waals surface area contributed by atoms with Crippen LogP contribution in [0.2, 0.25) is 0 Å². The van der Waals surface area contributed by atoms with Gasteiger partial charge in [0.2, 0.25) is 0 Å². The summed E-state index contributed by atoms with van der Waals surface area (Å²) in [4.78, 5) is 5.01. The topological polar surface area (TPSA) is 35.9 Å². The molecule has 4 nitrogen and oxygen atoms in total. The van der Waals surface area contributed by atoms with E-state index in [2.05, 4.69) is 15.9 Å². The molecule has 0 radical (unpaired) electrons. The van der Waals surface area contributed by atoms with Gasteiger partial charge in [0.15, 0.2) is 0 Å². The van der Waals surface area contributed by atoms with Gasteiger partial charge in [0.25, 0.3) is 0 Å². The maximum Gasteiger partial charge on any atom is 0.126 e. The van der Waals surface area contributed by atoms with Crippen molar-refractivity contribution in [3.63, 3.8) is 0 Å². The Kier molecular flexibility index (Phi) is 3.85. The first-order valence-electron chi connectivity index (χ1n) is 7.54. The number of piperazine rings is 1. The lowest BCUT2D eigenvalue weighted by molar-refractivity contribution is 0.193. The zero-order chi connectivity index (χ0) is 14.1.